The lowest BCUT2D eigenvalue weighted by Crippen LogP contribution is -2.62. The lowest BCUT2D eigenvalue weighted by atomic mass is 9.98. The summed E-state index contributed by atoms with van der Waals surface area (Å²) in [6.07, 6.45) is 12.7. The van der Waals surface area contributed by atoms with E-state index in [1.54, 1.807) is 0 Å². The summed E-state index contributed by atoms with van der Waals surface area (Å²) in [6.45, 7) is 8.16. The largest absolute Gasteiger partial charge is 0.463 e. The van der Waals surface area contributed by atoms with Gasteiger partial charge in [-0.1, -0.05) is 130 Å². The molecule has 0 aromatic heterocycles. The Morgan fingerprint density at radius 3 is 1.19 bits per heavy atom. The molecule has 0 aliphatic carbocycles. The van der Waals surface area contributed by atoms with Gasteiger partial charge in [0.2, 0.25) is 0 Å². The summed E-state index contributed by atoms with van der Waals surface area (Å²) >= 11 is 0. The predicted octanol–water partition coefficient (Wildman–Crippen LogP) is 8.42. The smallest absolute Gasteiger partial charge is 0.306 e. The number of esters is 4. The zero-order valence-corrected chi connectivity index (χ0v) is 30.7. The highest BCUT2D eigenvalue weighted by atomic mass is 16.7. The zero-order valence-electron chi connectivity index (χ0n) is 30.7. The van der Waals surface area contributed by atoms with Crippen molar-refractivity contribution in [2.45, 2.75) is 213 Å². The lowest BCUT2D eigenvalue weighted by molar-refractivity contribution is -0.297. The Hall–Kier alpha value is -2.20. The molecule has 0 amide bonds. The van der Waals surface area contributed by atoms with Gasteiger partial charge in [-0.2, -0.15) is 0 Å². The maximum absolute atomic E-state index is 13.1. The molecule has 0 radical (unpaired) electrons. The third kappa shape index (κ3) is 20.3. The van der Waals surface area contributed by atoms with Gasteiger partial charge in [0, 0.05) is 25.7 Å². The first-order valence-electron chi connectivity index (χ1n) is 19.3. The van der Waals surface area contributed by atoms with E-state index in [2.05, 4.69) is 27.7 Å². The van der Waals surface area contributed by atoms with Gasteiger partial charge in [0.05, 0.1) is 0 Å². The van der Waals surface area contributed by atoms with Crippen molar-refractivity contribution in [3.05, 3.63) is 0 Å². The molecule has 1 heterocycles. The van der Waals surface area contributed by atoms with Crippen LogP contribution in [0, 0.1) is 0 Å². The van der Waals surface area contributed by atoms with Gasteiger partial charge in [-0.05, 0) is 25.7 Å². The van der Waals surface area contributed by atoms with E-state index >= 15 is 0 Å². The molecule has 0 aromatic carbocycles. The molecule has 1 rings (SSSR count). The van der Waals surface area contributed by atoms with Crippen LogP contribution >= 0.6 is 0 Å². The molecule has 1 N–H and O–H groups in total. The summed E-state index contributed by atoms with van der Waals surface area (Å²) in [7, 11) is 0. The van der Waals surface area contributed by atoms with Crippen molar-refractivity contribution in [3.63, 3.8) is 0 Å². The first-order chi connectivity index (χ1) is 23.3. The van der Waals surface area contributed by atoms with Crippen molar-refractivity contribution in [1.29, 1.82) is 0 Å². The van der Waals surface area contributed by atoms with E-state index in [1.807, 2.05) is 0 Å². The molecule has 1 fully saturated rings. The Balaban J connectivity index is 3.12. The molecule has 0 bridgehead atoms. The number of carbonyl (C=O) groups excluding carboxylic acids is 4. The number of hydrogen-bond donors (Lipinski definition) is 1. The maximum atomic E-state index is 13.1. The molecule has 5 atom stereocenters. The average molecular weight is 685 g/mol. The van der Waals surface area contributed by atoms with Crippen molar-refractivity contribution in [1.82, 2.24) is 0 Å². The molecule has 280 valence electrons. The van der Waals surface area contributed by atoms with Crippen LogP contribution in [-0.4, -0.2) is 66.3 Å². The SMILES string of the molecule is CCCCCCCC(=O)OC[C@H]1O[C@H](O)[C@H](OC(=O)CCCCCCC)[C@@H](OC(=O)CCCCCCC)[C@@H]1OC(=O)CCCCCCC. The molecule has 10 nitrogen and oxygen atoms in total. The molecular weight excluding hydrogens is 616 g/mol. The highest BCUT2D eigenvalue weighted by Crippen LogP contribution is 2.30. The molecule has 0 spiro atoms. The van der Waals surface area contributed by atoms with Crippen LogP contribution in [0.5, 0.6) is 0 Å². The van der Waals surface area contributed by atoms with Crippen LogP contribution < -0.4 is 0 Å². The highest BCUT2D eigenvalue weighted by Gasteiger charge is 2.52. The normalized spacial score (nSPS) is 20.6. The first kappa shape index (κ1) is 43.8. The van der Waals surface area contributed by atoms with Gasteiger partial charge in [-0.15, -0.1) is 0 Å². The number of aliphatic hydroxyl groups is 1. The summed E-state index contributed by atoms with van der Waals surface area (Å²) in [5, 5.41) is 11.1. The van der Waals surface area contributed by atoms with Crippen LogP contribution in [0.1, 0.15) is 182 Å². The Morgan fingerprint density at radius 2 is 0.792 bits per heavy atom. The van der Waals surface area contributed by atoms with E-state index in [0.29, 0.717) is 25.7 Å². The Kier molecular flexibility index (Phi) is 26.1. The molecular formula is C38H68O10. The van der Waals surface area contributed by atoms with Crippen molar-refractivity contribution < 1.29 is 48.0 Å². The van der Waals surface area contributed by atoms with Crippen LogP contribution in [0.25, 0.3) is 0 Å². The summed E-state index contributed by atoms with van der Waals surface area (Å²) in [4.78, 5) is 51.7. The standard InChI is InChI=1S/C38H68O10/c1-5-9-13-17-21-25-31(39)44-29-30-35(46-32(40)26-22-18-14-10-6-2)36(47-33(41)27-23-19-15-11-7-3)37(38(43)45-30)48-34(42)28-24-20-16-12-8-4/h30,35-38,43H,5-29H2,1-4H3/t30-,35-,36+,37-,38+/m1/s1. The molecule has 48 heavy (non-hydrogen) atoms. The van der Waals surface area contributed by atoms with Crippen molar-refractivity contribution >= 4 is 23.9 Å². The molecule has 10 heteroatoms. The Labute approximate surface area is 290 Å². The predicted molar refractivity (Wildman–Crippen MR) is 185 cm³/mol. The summed E-state index contributed by atoms with van der Waals surface area (Å²) < 4.78 is 28.8. The third-order valence-electron chi connectivity index (χ3n) is 8.76. The third-order valence-corrected chi connectivity index (χ3v) is 8.76. The van der Waals surface area contributed by atoms with Crippen molar-refractivity contribution in [2.24, 2.45) is 0 Å². The van der Waals surface area contributed by atoms with E-state index in [4.69, 9.17) is 23.7 Å². The minimum Gasteiger partial charge on any atom is -0.463 e. The van der Waals surface area contributed by atoms with Crippen LogP contribution in [0.4, 0.5) is 0 Å². The quantitative estimate of drug-likeness (QED) is 0.0465. The molecule has 0 saturated carbocycles. The minimum atomic E-state index is -1.68. The second kappa shape index (κ2) is 28.6. The minimum absolute atomic E-state index is 0.130. The fourth-order valence-corrected chi connectivity index (χ4v) is 5.80. The van der Waals surface area contributed by atoms with Crippen LogP contribution in [0.15, 0.2) is 0 Å². The summed E-state index contributed by atoms with van der Waals surface area (Å²) in [5.41, 5.74) is 0. The second-order valence-electron chi connectivity index (χ2n) is 13.3. The monoisotopic (exact) mass is 684 g/mol. The van der Waals surface area contributed by atoms with Crippen molar-refractivity contribution in [2.75, 3.05) is 6.61 Å². The van der Waals surface area contributed by atoms with Gasteiger partial charge in [0.15, 0.2) is 24.6 Å². The van der Waals surface area contributed by atoms with E-state index < -0.39 is 54.6 Å². The number of ether oxygens (including phenoxy) is 5. The van der Waals surface area contributed by atoms with E-state index in [1.165, 1.54) is 0 Å². The van der Waals surface area contributed by atoms with E-state index in [0.717, 1.165) is 103 Å². The first-order valence-corrected chi connectivity index (χ1v) is 19.3. The molecule has 1 saturated heterocycles. The number of unbranched alkanes of at least 4 members (excludes halogenated alkanes) is 16. The van der Waals surface area contributed by atoms with Crippen LogP contribution in [-0.2, 0) is 42.9 Å². The molecule has 0 aromatic rings. The highest BCUT2D eigenvalue weighted by molar-refractivity contribution is 5.72. The van der Waals surface area contributed by atoms with E-state index in [9.17, 15) is 24.3 Å². The molecule has 1 aliphatic rings. The maximum Gasteiger partial charge on any atom is 0.306 e. The molecule has 1 aliphatic heterocycles. The van der Waals surface area contributed by atoms with Crippen LogP contribution in [0.3, 0.4) is 0 Å². The van der Waals surface area contributed by atoms with Gasteiger partial charge in [0.25, 0.3) is 0 Å². The number of hydrogen-bond acceptors (Lipinski definition) is 10. The van der Waals surface area contributed by atoms with Gasteiger partial charge in [-0.25, -0.2) is 0 Å². The van der Waals surface area contributed by atoms with Crippen molar-refractivity contribution in [3.8, 4) is 0 Å². The zero-order chi connectivity index (χ0) is 35.4. The number of rotatable bonds is 29. The number of aliphatic hydroxyl groups excluding tert-OH is 1. The lowest BCUT2D eigenvalue weighted by Gasteiger charge is -2.43. The Morgan fingerprint density at radius 1 is 0.458 bits per heavy atom. The molecule has 0 unspecified atom stereocenters. The fraction of sp³-hybridized carbons (Fsp3) is 0.895. The van der Waals surface area contributed by atoms with Gasteiger partial charge < -0.3 is 28.8 Å². The Bertz CT molecular complexity index is 862. The summed E-state index contributed by atoms with van der Waals surface area (Å²) in [5.74, 6) is -2.06. The van der Waals surface area contributed by atoms with Crippen LogP contribution in [0.2, 0.25) is 0 Å². The topological polar surface area (TPSA) is 135 Å². The summed E-state index contributed by atoms with van der Waals surface area (Å²) in [6, 6.07) is 0. The fourth-order valence-electron chi connectivity index (χ4n) is 5.80. The van der Waals surface area contributed by atoms with Gasteiger partial charge in [-0.3, -0.25) is 19.2 Å². The van der Waals surface area contributed by atoms with Gasteiger partial charge >= 0.3 is 23.9 Å². The van der Waals surface area contributed by atoms with Gasteiger partial charge in [0.1, 0.15) is 12.7 Å². The second-order valence-corrected chi connectivity index (χ2v) is 13.3. The van der Waals surface area contributed by atoms with E-state index in [-0.39, 0.29) is 32.3 Å². The number of carbonyl (C=O) groups is 4. The average Bonchev–Trinajstić information content (AvgIpc) is 3.06.